The monoisotopic (exact) mass is 244 g/mol. The summed E-state index contributed by atoms with van der Waals surface area (Å²) in [5, 5.41) is 0.896. The molecule has 0 aliphatic heterocycles. The zero-order valence-corrected chi connectivity index (χ0v) is 10.5. The summed E-state index contributed by atoms with van der Waals surface area (Å²) in [5.74, 6) is -0.481. The third-order valence-electron chi connectivity index (χ3n) is 3.60. The first-order chi connectivity index (χ1) is 8.49. The number of para-hydroxylation sites is 1. The van der Waals surface area contributed by atoms with Crippen molar-refractivity contribution >= 4 is 16.8 Å². The zero-order valence-electron chi connectivity index (χ0n) is 10.5. The van der Waals surface area contributed by atoms with E-state index >= 15 is 0 Å². The first kappa shape index (κ1) is 12.4. The van der Waals surface area contributed by atoms with Crippen LogP contribution in [0.15, 0.2) is 35.1 Å². The average Bonchev–Trinajstić information content (AvgIpc) is 2.36. The zero-order chi connectivity index (χ0) is 13.3. The molecule has 0 aliphatic carbocycles. The van der Waals surface area contributed by atoms with Crippen molar-refractivity contribution in [3.63, 3.8) is 0 Å². The van der Waals surface area contributed by atoms with E-state index in [1.165, 1.54) is 0 Å². The van der Waals surface area contributed by atoms with Crippen molar-refractivity contribution < 1.29 is 4.79 Å². The maximum atomic E-state index is 12.1. The van der Waals surface area contributed by atoms with Gasteiger partial charge in [-0.25, -0.2) is 0 Å². The van der Waals surface area contributed by atoms with Gasteiger partial charge in [0.05, 0.1) is 5.41 Å². The summed E-state index contributed by atoms with van der Waals surface area (Å²) in [7, 11) is 0. The number of rotatable bonds is 3. The summed E-state index contributed by atoms with van der Waals surface area (Å²) in [6.07, 6.45) is 0.490. The van der Waals surface area contributed by atoms with Crippen molar-refractivity contribution in [1.82, 2.24) is 4.98 Å². The second-order valence-corrected chi connectivity index (χ2v) is 4.65. The Morgan fingerprint density at radius 3 is 2.67 bits per heavy atom. The molecule has 0 saturated carbocycles. The van der Waals surface area contributed by atoms with E-state index in [1.54, 1.807) is 13.0 Å². The van der Waals surface area contributed by atoms with Gasteiger partial charge in [0, 0.05) is 11.1 Å². The number of fused-ring (bicyclic) bond motifs is 1. The molecule has 0 saturated heterocycles. The molecule has 1 amide bonds. The number of aromatic amines is 1. The largest absolute Gasteiger partial charge is 0.369 e. The normalized spacial score (nSPS) is 14.3. The van der Waals surface area contributed by atoms with Crippen LogP contribution in [0.4, 0.5) is 0 Å². The number of benzene rings is 1. The van der Waals surface area contributed by atoms with Crippen LogP contribution in [0.1, 0.15) is 25.8 Å². The Hall–Kier alpha value is -2.10. The van der Waals surface area contributed by atoms with Crippen LogP contribution in [0, 0.1) is 0 Å². The van der Waals surface area contributed by atoms with E-state index in [9.17, 15) is 9.59 Å². The van der Waals surface area contributed by atoms with Gasteiger partial charge in [-0.05, 0) is 30.9 Å². The quantitative estimate of drug-likeness (QED) is 0.861. The minimum atomic E-state index is -0.933. The van der Waals surface area contributed by atoms with Gasteiger partial charge in [-0.1, -0.05) is 25.1 Å². The molecular formula is C14H16N2O2. The Labute approximate surface area is 105 Å². The molecule has 1 atom stereocenters. The fourth-order valence-corrected chi connectivity index (χ4v) is 2.05. The van der Waals surface area contributed by atoms with Gasteiger partial charge in [0.15, 0.2) is 0 Å². The topological polar surface area (TPSA) is 76.0 Å². The summed E-state index contributed by atoms with van der Waals surface area (Å²) in [5.41, 5.74) is 5.43. The summed E-state index contributed by atoms with van der Waals surface area (Å²) in [6.45, 7) is 3.55. The molecule has 0 bridgehead atoms. The van der Waals surface area contributed by atoms with E-state index in [4.69, 9.17) is 5.73 Å². The molecule has 1 heterocycles. The molecule has 1 aromatic heterocycles. The van der Waals surface area contributed by atoms with Crippen LogP contribution in [-0.2, 0) is 10.2 Å². The van der Waals surface area contributed by atoms with Gasteiger partial charge in [-0.2, -0.15) is 0 Å². The maximum absolute atomic E-state index is 12.1. The second kappa shape index (κ2) is 4.29. The van der Waals surface area contributed by atoms with Crippen LogP contribution in [0.2, 0.25) is 0 Å². The standard InChI is InChI=1S/C14H16N2O2/c1-3-14(2,13(15)18)10-8-9-6-4-5-7-11(9)16-12(10)17/h4-8H,3H2,1-2H3,(H2,15,18)(H,16,17). The third-order valence-corrected chi connectivity index (χ3v) is 3.60. The van der Waals surface area contributed by atoms with E-state index in [0.29, 0.717) is 12.0 Å². The van der Waals surface area contributed by atoms with Crippen LogP contribution in [0.5, 0.6) is 0 Å². The highest BCUT2D eigenvalue weighted by molar-refractivity contribution is 5.88. The Morgan fingerprint density at radius 1 is 1.39 bits per heavy atom. The fraction of sp³-hybridized carbons (Fsp3) is 0.286. The lowest BCUT2D eigenvalue weighted by Gasteiger charge is -2.24. The summed E-state index contributed by atoms with van der Waals surface area (Å²) < 4.78 is 0. The Bertz CT molecular complexity index is 660. The van der Waals surface area contributed by atoms with Crippen LogP contribution < -0.4 is 11.3 Å². The maximum Gasteiger partial charge on any atom is 0.252 e. The van der Waals surface area contributed by atoms with Gasteiger partial charge < -0.3 is 10.7 Å². The molecule has 2 aromatic rings. The molecule has 0 fully saturated rings. The molecule has 3 N–H and O–H groups in total. The van der Waals surface area contributed by atoms with Gasteiger partial charge in [0.25, 0.3) is 5.56 Å². The van der Waals surface area contributed by atoms with Crippen LogP contribution in [0.3, 0.4) is 0 Å². The van der Waals surface area contributed by atoms with Gasteiger partial charge in [-0.3, -0.25) is 9.59 Å². The highest BCUT2D eigenvalue weighted by Gasteiger charge is 2.33. The highest BCUT2D eigenvalue weighted by Crippen LogP contribution is 2.26. The molecule has 1 unspecified atom stereocenters. The third kappa shape index (κ3) is 1.79. The Kier molecular flexibility index (Phi) is 2.95. The number of primary amides is 1. The lowest BCUT2D eigenvalue weighted by molar-refractivity contribution is -0.123. The van der Waals surface area contributed by atoms with Crippen molar-refractivity contribution in [2.45, 2.75) is 25.7 Å². The van der Waals surface area contributed by atoms with E-state index < -0.39 is 11.3 Å². The number of amides is 1. The predicted molar refractivity (Wildman–Crippen MR) is 71.4 cm³/mol. The van der Waals surface area contributed by atoms with Crippen molar-refractivity contribution in [3.8, 4) is 0 Å². The molecule has 0 aliphatic rings. The van der Waals surface area contributed by atoms with Gasteiger partial charge in [0.2, 0.25) is 5.91 Å². The summed E-state index contributed by atoms with van der Waals surface area (Å²) >= 11 is 0. The number of hydrogen-bond donors (Lipinski definition) is 2. The smallest absolute Gasteiger partial charge is 0.252 e. The van der Waals surface area contributed by atoms with Gasteiger partial charge in [-0.15, -0.1) is 0 Å². The number of H-pyrrole nitrogens is 1. The molecule has 1 aromatic carbocycles. The summed E-state index contributed by atoms with van der Waals surface area (Å²) in [6, 6.07) is 9.21. The van der Waals surface area contributed by atoms with E-state index in [-0.39, 0.29) is 5.56 Å². The van der Waals surface area contributed by atoms with Crippen LogP contribution in [0.25, 0.3) is 10.9 Å². The molecule has 2 rings (SSSR count). The number of pyridine rings is 1. The minimum absolute atomic E-state index is 0.253. The molecule has 4 heteroatoms. The first-order valence-corrected chi connectivity index (χ1v) is 5.91. The van der Waals surface area contributed by atoms with Crippen molar-refractivity contribution in [1.29, 1.82) is 0 Å². The minimum Gasteiger partial charge on any atom is -0.369 e. The number of nitrogens with one attached hydrogen (secondary N) is 1. The summed E-state index contributed by atoms with van der Waals surface area (Å²) in [4.78, 5) is 26.5. The average molecular weight is 244 g/mol. The second-order valence-electron chi connectivity index (χ2n) is 4.65. The lowest BCUT2D eigenvalue weighted by atomic mass is 9.79. The molecule has 4 nitrogen and oxygen atoms in total. The number of carbonyl (C=O) groups is 1. The number of aromatic nitrogens is 1. The van der Waals surface area contributed by atoms with E-state index in [1.807, 2.05) is 31.2 Å². The first-order valence-electron chi connectivity index (χ1n) is 5.91. The van der Waals surface area contributed by atoms with Crippen LogP contribution in [-0.4, -0.2) is 10.9 Å². The number of carbonyl (C=O) groups excluding carboxylic acids is 1. The SMILES string of the molecule is CCC(C)(C(N)=O)c1cc2ccccc2[nH]c1=O. The van der Waals surface area contributed by atoms with Crippen molar-refractivity contribution in [2.75, 3.05) is 0 Å². The molecule has 18 heavy (non-hydrogen) atoms. The van der Waals surface area contributed by atoms with Gasteiger partial charge >= 0.3 is 0 Å². The molecular weight excluding hydrogens is 228 g/mol. The number of hydrogen-bond acceptors (Lipinski definition) is 2. The van der Waals surface area contributed by atoms with Crippen molar-refractivity contribution in [2.24, 2.45) is 5.73 Å². The molecule has 0 spiro atoms. The molecule has 94 valence electrons. The van der Waals surface area contributed by atoms with E-state index in [2.05, 4.69) is 4.98 Å². The van der Waals surface area contributed by atoms with E-state index in [0.717, 1.165) is 10.9 Å². The fourth-order valence-electron chi connectivity index (χ4n) is 2.05. The van der Waals surface area contributed by atoms with Gasteiger partial charge in [0.1, 0.15) is 0 Å². The Balaban J connectivity index is 2.75. The highest BCUT2D eigenvalue weighted by atomic mass is 16.1. The van der Waals surface area contributed by atoms with Crippen LogP contribution >= 0.6 is 0 Å². The lowest BCUT2D eigenvalue weighted by Crippen LogP contribution is -2.41. The number of nitrogens with two attached hydrogens (primary N) is 1. The Morgan fingerprint density at radius 2 is 2.06 bits per heavy atom. The predicted octanol–water partition coefficient (Wildman–Crippen LogP) is 1.68. The molecule has 0 radical (unpaired) electrons. The van der Waals surface area contributed by atoms with Crippen molar-refractivity contribution in [3.05, 3.63) is 46.2 Å².